The van der Waals surface area contributed by atoms with E-state index in [0.717, 1.165) is 36.6 Å². The molecule has 1 aromatic rings. The van der Waals surface area contributed by atoms with Crippen molar-refractivity contribution in [3.63, 3.8) is 0 Å². The van der Waals surface area contributed by atoms with Crippen LogP contribution in [0, 0.1) is 5.41 Å². The Kier molecular flexibility index (Phi) is 2.51. The highest BCUT2D eigenvalue weighted by Crippen LogP contribution is 2.53. The lowest BCUT2D eigenvalue weighted by molar-refractivity contribution is -0.121. The summed E-state index contributed by atoms with van der Waals surface area (Å²) in [7, 11) is 0. The molecule has 2 heteroatoms. The van der Waals surface area contributed by atoms with Gasteiger partial charge in [0.1, 0.15) is 5.78 Å². The normalized spacial score (nSPS) is 21.9. The van der Waals surface area contributed by atoms with Crippen LogP contribution in [0.2, 0.25) is 0 Å². The maximum atomic E-state index is 11.4. The molecule has 0 heterocycles. The lowest BCUT2D eigenvalue weighted by Gasteiger charge is -2.34. The molecule has 1 aromatic carbocycles. The minimum atomic E-state index is 0.178. The highest BCUT2D eigenvalue weighted by atomic mass is 79.9. The number of carbonyl (C=O) groups is 1. The number of fused-ring (bicyclic) bond motifs is 1. The third-order valence-corrected chi connectivity index (χ3v) is 4.82. The van der Waals surface area contributed by atoms with Crippen molar-refractivity contribution >= 4 is 27.3 Å². The monoisotopic (exact) mass is 290 g/mol. The number of allylic oxidation sites excluding steroid dienone is 1. The molecule has 0 radical (unpaired) electrons. The van der Waals surface area contributed by atoms with E-state index < -0.39 is 0 Å². The fourth-order valence-electron chi connectivity index (χ4n) is 3.23. The SMILES string of the molecule is C=C1c2cc(Br)ccc2CC12CCC(=O)CC2. The highest BCUT2D eigenvalue weighted by molar-refractivity contribution is 9.10. The van der Waals surface area contributed by atoms with E-state index in [4.69, 9.17) is 0 Å². The molecule has 1 nitrogen and oxygen atoms in total. The maximum absolute atomic E-state index is 11.4. The number of carbonyl (C=O) groups excluding carboxylic acids is 1. The number of rotatable bonds is 0. The molecule has 0 aromatic heterocycles. The Morgan fingerprint density at radius 3 is 2.65 bits per heavy atom. The van der Waals surface area contributed by atoms with Crippen molar-refractivity contribution in [3.8, 4) is 0 Å². The molecule has 0 atom stereocenters. The fraction of sp³-hybridized carbons (Fsp3) is 0.400. The zero-order valence-corrected chi connectivity index (χ0v) is 11.3. The zero-order chi connectivity index (χ0) is 12.0. The number of Topliss-reactive ketones (excluding diaryl/α,β-unsaturated/α-hetero) is 1. The Balaban J connectivity index is 1.98. The van der Waals surface area contributed by atoms with Gasteiger partial charge in [-0.15, -0.1) is 0 Å². The van der Waals surface area contributed by atoms with Gasteiger partial charge in [-0.2, -0.15) is 0 Å². The first-order valence-corrected chi connectivity index (χ1v) is 6.90. The first kappa shape index (κ1) is 11.2. The molecule has 0 amide bonds. The molecule has 3 rings (SSSR count). The van der Waals surface area contributed by atoms with E-state index in [2.05, 4.69) is 40.7 Å². The lowest BCUT2D eigenvalue weighted by Crippen LogP contribution is -2.27. The van der Waals surface area contributed by atoms with Gasteiger partial charge in [0.15, 0.2) is 0 Å². The third-order valence-electron chi connectivity index (χ3n) is 4.33. The first-order valence-electron chi connectivity index (χ1n) is 6.11. The van der Waals surface area contributed by atoms with Crippen LogP contribution in [0.25, 0.3) is 5.57 Å². The molecule has 0 saturated heterocycles. The predicted molar refractivity (Wildman–Crippen MR) is 72.8 cm³/mol. The molecule has 0 bridgehead atoms. The van der Waals surface area contributed by atoms with Crippen LogP contribution in [0.5, 0.6) is 0 Å². The molecular formula is C15H15BrO. The van der Waals surface area contributed by atoms with Gasteiger partial charge in [-0.3, -0.25) is 4.79 Å². The Labute approximate surface area is 110 Å². The van der Waals surface area contributed by atoms with Crippen molar-refractivity contribution < 1.29 is 4.79 Å². The van der Waals surface area contributed by atoms with Gasteiger partial charge in [-0.05, 0) is 48.1 Å². The van der Waals surface area contributed by atoms with Crippen molar-refractivity contribution in [2.75, 3.05) is 0 Å². The number of benzene rings is 1. The van der Waals surface area contributed by atoms with Crippen molar-refractivity contribution in [3.05, 3.63) is 40.4 Å². The van der Waals surface area contributed by atoms with Gasteiger partial charge in [0.05, 0.1) is 0 Å². The predicted octanol–water partition coefficient (Wildman–Crippen LogP) is 4.15. The van der Waals surface area contributed by atoms with Gasteiger partial charge >= 0.3 is 0 Å². The molecular weight excluding hydrogens is 276 g/mol. The van der Waals surface area contributed by atoms with Crippen LogP contribution in [0.15, 0.2) is 29.3 Å². The fourth-order valence-corrected chi connectivity index (χ4v) is 3.59. The average molecular weight is 291 g/mol. The highest BCUT2D eigenvalue weighted by Gasteiger charge is 2.42. The van der Waals surface area contributed by atoms with Gasteiger partial charge in [-0.25, -0.2) is 0 Å². The first-order chi connectivity index (χ1) is 8.11. The molecule has 2 aliphatic rings. The number of hydrogen-bond acceptors (Lipinski definition) is 1. The smallest absolute Gasteiger partial charge is 0.132 e. The summed E-state index contributed by atoms with van der Waals surface area (Å²) < 4.78 is 1.11. The standard InChI is InChI=1S/C15H15BrO/c1-10-14-8-12(16)3-2-11(14)9-15(10)6-4-13(17)5-7-15/h2-3,8H,1,4-7,9H2. The van der Waals surface area contributed by atoms with Crippen molar-refractivity contribution in [2.45, 2.75) is 32.1 Å². The maximum Gasteiger partial charge on any atom is 0.132 e. The Bertz CT molecular complexity index is 506. The molecule has 0 unspecified atom stereocenters. The summed E-state index contributed by atoms with van der Waals surface area (Å²) in [6, 6.07) is 6.46. The summed E-state index contributed by atoms with van der Waals surface area (Å²) in [6.45, 7) is 4.31. The van der Waals surface area contributed by atoms with Crippen LogP contribution in [-0.2, 0) is 11.2 Å². The summed E-state index contributed by atoms with van der Waals surface area (Å²) in [5, 5.41) is 0. The zero-order valence-electron chi connectivity index (χ0n) is 9.76. The van der Waals surface area contributed by atoms with Crippen LogP contribution in [0.3, 0.4) is 0 Å². The minimum absolute atomic E-state index is 0.178. The van der Waals surface area contributed by atoms with E-state index in [0.29, 0.717) is 5.78 Å². The van der Waals surface area contributed by atoms with Gasteiger partial charge in [0.25, 0.3) is 0 Å². The quantitative estimate of drug-likeness (QED) is 0.702. The van der Waals surface area contributed by atoms with Gasteiger partial charge < -0.3 is 0 Å². The van der Waals surface area contributed by atoms with Crippen LogP contribution in [0.1, 0.15) is 36.8 Å². The van der Waals surface area contributed by atoms with E-state index in [1.807, 2.05) is 0 Å². The van der Waals surface area contributed by atoms with E-state index in [1.54, 1.807) is 0 Å². The Morgan fingerprint density at radius 1 is 1.24 bits per heavy atom. The van der Waals surface area contributed by atoms with Crippen molar-refractivity contribution in [1.82, 2.24) is 0 Å². The molecule has 17 heavy (non-hydrogen) atoms. The average Bonchev–Trinajstić information content (AvgIpc) is 2.58. The van der Waals surface area contributed by atoms with E-state index in [1.165, 1.54) is 16.7 Å². The molecule has 1 fully saturated rings. The van der Waals surface area contributed by atoms with Crippen LogP contribution < -0.4 is 0 Å². The van der Waals surface area contributed by atoms with Gasteiger partial charge in [0, 0.05) is 22.7 Å². The summed E-state index contributed by atoms with van der Waals surface area (Å²) in [5.41, 5.74) is 4.12. The molecule has 0 aliphatic heterocycles. The van der Waals surface area contributed by atoms with E-state index in [9.17, 15) is 4.79 Å². The Hall–Kier alpha value is -0.890. The molecule has 2 aliphatic carbocycles. The van der Waals surface area contributed by atoms with Gasteiger partial charge in [0.2, 0.25) is 0 Å². The molecule has 0 N–H and O–H groups in total. The number of halogens is 1. The molecule has 88 valence electrons. The lowest BCUT2D eigenvalue weighted by atomic mass is 9.69. The Morgan fingerprint density at radius 2 is 1.94 bits per heavy atom. The summed E-state index contributed by atoms with van der Waals surface area (Å²) in [6.07, 6.45) is 4.50. The molecule has 1 spiro atoms. The van der Waals surface area contributed by atoms with Gasteiger partial charge in [-0.1, -0.05) is 28.6 Å². The van der Waals surface area contributed by atoms with Crippen molar-refractivity contribution in [2.24, 2.45) is 5.41 Å². The largest absolute Gasteiger partial charge is 0.300 e. The van der Waals surface area contributed by atoms with Crippen LogP contribution in [0.4, 0.5) is 0 Å². The van der Waals surface area contributed by atoms with E-state index >= 15 is 0 Å². The summed E-state index contributed by atoms with van der Waals surface area (Å²) in [4.78, 5) is 11.4. The van der Waals surface area contributed by atoms with Crippen molar-refractivity contribution in [1.29, 1.82) is 0 Å². The van der Waals surface area contributed by atoms with Crippen LogP contribution in [-0.4, -0.2) is 5.78 Å². The topological polar surface area (TPSA) is 17.1 Å². The third kappa shape index (κ3) is 1.70. The minimum Gasteiger partial charge on any atom is -0.300 e. The number of ketones is 1. The second kappa shape index (κ2) is 3.81. The number of hydrogen-bond donors (Lipinski definition) is 0. The second-order valence-corrected chi connectivity index (χ2v) is 6.19. The summed E-state index contributed by atoms with van der Waals surface area (Å²) >= 11 is 3.52. The van der Waals surface area contributed by atoms with Crippen LogP contribution >= 0.6 is 15.9 Å². The second-order valence-electron chi connectivity index (χ2n) is 5.28. The summed E-state index contributed by atoms with van der Waals surface area (Å²) in [5.74, 6) is 0.417. The van der Waals surface area contributed by atoms with E-state index in [-0.39, 0.29) is 5.41 Å². The molecule has 1 saturated carbocycles.